The molecule has 2 heteroatoms. The molecular weight excluding hydrogens is 162 g/mol. The molecule has 2 N–H and O–H groups in total. The van der Waals surface area contributed by atoms with Crippen LogP contribution < -0.4 is 5.73 Å². The Labute approximate surface area is 82.8 Å². The van der Waals surface area contributed by atoms with Gasteiger partial charge in [-0.2, -0.15) is 0 Å². The van der Waals surface area contributed by atoms with Gasteiger partial charge in [-0.25, -0.2) is 0 Å². The summed E-state index contributed by atoms with van der Waals surface area (Å²) in [6.45, 7) is 11.3. The van der Waals surface area contributed by atoms with Crippen molar-refractivity contribution in [1.29, 1.82) is 0 Å². The van der Waals surface area contributed by atoms with Gasteiger partial charge in [0.05, 0.1) is 12.2 Å². The van der Waals surface area contributed by atoms with Gasteiger partial charge in [0.2, 0.25) is 0 Å². The maximum Gasteiger partial charge on any atom is 0.0624 e. The minimum Gasteiger partial charge on any atom is -0.374 e. The Kier molecular flexibility index (Phi) is 5.57. The highest BCUT2D eigenvalue weighted by Gasteiger charge is 2.12. The summed E-state index contributed by atoms with van der Waals surface area (Å²) >= 11 is 0. The Hall–Kier alpha value is -0.0800. The van der Waals surface area contributed by atoms with E-state index in [9.17, 15) is 0 Å². The zero-order valence-electron chi connectivity index (χ0n) is 9.76. The normalized spacial score (nSPS) is 15.0. The van der Waals surface area contributed by atoms with Gasteiger partial charge in [0.25, 0.3) is 0 Å². The summed E-state index contributed by atoms with van der Waals surface area (Å²) in [6.07, 6.45) is 2.25. The van der Waals surface area contributed by atoms with E-state index in [1.54, 1.807) is 0 Å². The van der Waals surface area contributed by atoms with Crippen LogP contribution in [0, 0.1) is 5.92 Å². The fraction of sp³-hybridized carbons (Fsp3) is 1.00. The first kappa shape index (κ1) is 12.9. The Morgan fingerprint density at radius 3 is 2.08 bits per heavy atom. The summed E-state index contributed by atoms with van der Waals surface area (Å²) in [7, 11) is 0. The molecule has 0 fully saturated rings. The average Bonchev–Trinajstić information content (AvgIpc) is 1.95. The van der Waals surface area contributed by atoms with Crippen LogP contribution in [0.2, 0.25) is 0 Å². The molecule has 2 nitrogen and oxygen atoms in total. The van der Waals surface area contributed by atoms with Crippen LogP contribution in [0.5, 0.6) is 0 Å². The van der Waals surface area contributed by atoms with Crippen molar-refractivity contribution in [1.82, 2.24) is 0 Å². The third-order valence-corrected chi connectivity index (χ3v) is 1.85. The van der Waals surface area contributed by atoms with Crippen molar-refractivity contribution in [2.75, 3.05) is 6.61 Å². The lowest BCUT2D eigenvalue weighted by Crippen LogP contribution is -2.32. The minimum absolute atomic E-state index is 0.0601. The molecule has 0 amide bonds. The van der Waals surface area contributed by atoms with Gasteiger partial charge >= 0.3 is 0 Å². The standard InChI is InChI=1S/C11H25NO/c1-9(2)6-7-10(12)8-13-11(3,4)5/h9-10H,6-8,12H2,1-5H3. The van der Waals surface area contributed by atoms with E-state index in [1.807, 2.05) is 0 Å². The van der Waals surface area contributed by atoms with E-state index in [4.69, 9.17) is 10.5 Å². The Morgan fingerprint density at radius 2 is 1.69 bits per heavy atom. The largest absolute Gasteiger partial charge is 0.374 e. The van der Waals surface area contributed by atoms with Gasteiger partial charge in [0, 0.05) is 6.04 Å². The molecule has 0 saturated carbocycles. The van der Waals surface area contributed by atoms with Crippen molar-refractivity contribution >= 4 is 0 Å². The monoisotopic (exact) mass is 187 g/mol. The van der Waals surface area contributed by atoms with E-state index in [0.717, 1.165) is 12.3 Å². The predicted octanol–water partition coefficient (Wildman–Crippen LogP) is 2.57. The van der Waals surface area contributed by atoms with Crippen molar-refractivity contribution < 1.29 is 4.74 Å². The van der Waals surface area contributed by atoms with E-state index in [0.29, 0.717) is 6.61 Å². The lowest BCUT2D eigenvalue weighted by atomic mass is 10.0. The van der Waals surface area contributed by atoms with Crippen molar-refractivity contribution in [2.45, 2.75) is 59.1 Å². The van der Waals surface area contributed by atoms with E-state index >= 15 is 0 Å². The van der Waals surface area contributed by atoms with Crippen LogP contribution in [0.25, 0.3) is 0 Å². The average molecular weight is 187 g/mol. The molecule has 0 aromatic rings. The minimum atomic E-state index is -0.0601. The molecule has 0 aliphatic carbocycles. The topological polar surface area (TPSA) is 35.2 Å². The molecule has 0 aliphatic rings. The summed E-state index contributed by atoms with van der Waals surface area (Å²) < 4.78 is 5.60. The molecule has 80 valence electrons. The van der Waals surface area contributed by atoms with Crippen molar-refractivity contribution in [2.24, 2.45) is 11.7 Å². The molecule has 0 bridgehead atoms. The predicted molar refractivity (Wildman–Crippen MR) is 57.8 cm³/mol. The summed E-state index contributed by atoms with van der Waals surface area (Å²) in [5, 5.41) is 0. The molecule has 13 heavy (non-hydrogen) atoms. The molecule has 0 heterocycles. The molecule has 0 aliphatic heterocycles. The maximum absolute atomic E-state index is 5.90. The highest BCUT2D eigenvalue weighted by Crippen LogP contribution is 2.10. The second-order valence-corrected chi connectivity index (χ2v) is 5.15. The van der Waals surface area contributed by atoms with Gasteiger partial charge in [0.1, 0.15) is 0 Å². The van der Waals surface area contributed by atoms with Gasteiger partial charge < -0.3 is 10.5 Å². The van der Waals surface area contributed by atoms with Gasteiger partial charge in [-0.05, 0) is 39.5 Å². The van der Waals surface area contributed by atoms with Crippen molar-refractivity contribution in [3.05, 3.63) is 0 Å². The third-order valence-electron chi connectivity index (χ3n) is 1.85. The smallest absolute Gasteiger partial charge is 0.0624 e. The third kappa shape index (κ3) is 9.84. The fourth-order valence-electron chi connectivity index (χ4n) is 0.988. The summed E-state index contributed by atoms with van der Waals surface area (Å²) in [5.74, 6) is 0.737. The van der Waals surface area contributed by atoms with Gasteiger partial charge in [-0.15, -0.1) is 0 Å². The number of hydrogen-bond acceptors (Lipinski definition) is 2. The van der Waals surface area contributed by atoms with Crippen LogP contribution in [0.3, 0.4) is 0 Å². The maximum atomic E-state index is 5.90. The Balaban J connectivity index is 3.46. The van der Waals surface area contributed by atoms with Gasteiger partial charge in [-0.3, -0.25) is 0 Å². The molecule has 0 aromatic carbocycles. The summed E-state index contributed by atoms with van der Waals surface area (Å²) in [6, 6.07) is 0.196. The van der Waals surface area contributed by atoms with Crippen LogP contribution >= 0.6 is 0 Å². The first-order valence-corrected chi connectivity index (χ1v) is 5.21. The number of nitrogens with two attached hydrogens (primary N) is 1. The van der Waals surface area contributed by atoms with Gasteiger partial charge in [0.15, 0.2) is 0 Å². The molecule has 1 atom stereocenters. The van der Waals surface area contributed by atoms with Crippen LogP contribution in [0.4, 0.5) is 0 Å². The zero-order valence-corrected chi connectivity index (χ0v) is 9.76. The van der Waals surface area contributed by atoms with E-state index < -0.39 is 0 Å². The summed E-state index contributed by atoms with van der Waals surface area (Å²) in [4.78, 5) is 0. The lowest BCUT2D eigenvalue weighted by Gasteiger charge is -2.22. The van der Waals surface area contributed by atoms with Crippen molar-refractivity contribution in [3.63, 3.8) is 0 Å². The zero-order chi connectivity index (χ0) is 10.5. The second kappa shape index (κ2) is 5.61. The molecule has 0 aromatic heterocycles. The Morgan fingerprint density at radius 1 is 1.15 bits per heavy atom. The van der Waals surface area contributed by atoms with E-state index in [2.05, 4.69) is 34.6 Å². The molecular formula is C11H25NO. The number of hydrogen-bond donors (Lipinski definition) is 1. The second-order valence-electron chi connectivity index (χ2n) is 5.15. The number of rotatable bonds is 5. The van der Waals surface area contributed by atoms with Crippen LogP contribution in [0.1, 0.15) is 47.5 Å². The van der Waals surface area contributed by atoms with Gasteiger partial charge in [-0.1, -0.05) is 13.8 Å². The highest BCUT2D eigenvalue weighted by atomic mass is 16.5. The molecule has 0 saturated heterocycles. The molecule has 0 spiro atoms. The van der Waals surface area contributed by atoms with E-state index in [-0.39, 0.29) is 11.6 Å². The quantitative estimate of drug-likeness (QED) is 0.718. The molecule has 0 rings (SSSR count). The van der Waals surface area contributed by atoms with Crippen LogP contribution in [-0.4, -0.2) is 18.2 Å². The lowest BCUT2D eigenvalue weighted by molar-refractivity contribution is -0.0112. The number of ether oxygens (including phenoxy) is 1. The van der Waals surface area contributed by atoms with E-state index in [1.165, 1.54) is 6.42 Å². The molecule has 0 radical (unpaired) electrons. The van der Waals surface area contributed by atoms with Crippen LogP contribution in [0.15, 0.2) is 0 Å². The van der Waals surface area contributed by atoms with Crippen LogP contribution in [-0.2, 0) is 4.74 Å². The fourth-order valence-corrected chi connectivity index (χ4v) is 0.988. The Bertz CT molecular complexity index is 127. The SMILES string of the molecule is CC(C)CCC(N)COC(C)(C)C. The molecule has 1 unspecified atom stereocenters. The first-order valence-electron chi connectivity index (χ1n) is 5.21. The summed E-state index contributed by atoms with van der Waals surface area (Å²) in [5.41, 5.74) is 5.84. The van der Waals surface area contributed by atoms with Crippen molar-refractivity contribution in [3.8, 4) is 0 Å². The first-order chi connectivity index (χ1) is 5.81. The highest BCUT2D eigenvalue weighted by molar-refractivity contribution is 4.65.